The van der Waals surface area contributed by atoms with E-state index in [-0.39, 0.29) is 6.47 Å². The molecule has 0 fully saturated rings. The quantitative estimate of drug-likeness (QED) is 0.674. The first-order valence-corrected chi connectivity index (χ1v) is 7.65. The molecule has 0 saturated heterocycles. The van der Waals surface area contributed by atoms with Crippen molar-refractivity contribution in [3.8, 4) is 22.8 Å². The Balaban J connectivity index is 0.000000758. The van der Waals surface area contributed by atoms with Crippen LogP contribution in [0, 0.1) is 0 Å². The average Bonchev–Trinajstić information content (AvgIpc) is 3.11. The minimum absolute atomic E-state index is 0.250. The minimum atomic E-state index is -0.250. The number of benzene rings is 1. The Morgan fingerprint density at radius 1 is 1.19 bits per heavy atom. The van der Waals surface area contributed by atoms with Gasteiger partial charge < -0.3 is 20.3 Å². The van der Waals surface area contributed by atoms with Gasteiger partial charge in [0.05, 0.1) is 32.6 Å². The zero-order valence-corrected chi connectivity index (χ0v) is 14.5. The van der Waals surface area contributed by atoms with E-state index in [1.165, 1.54) is 0 Å². The molecule has 3 aromatic rings. The predicted octanol–water partition coefficient (Wildman–Crippen LogP) is 2.29. The number of aromatic nitrogens is 3. The lowest BCUT2D eigenvalue weighted by atomic mass is 10.2. The summed E-state index contributed by atoms with van der Waals surface area (Å²) in [7, 11) is 3.24. The number of ether oxygens (including phenoxy) is 2. The van der Waals surface area contributed by atoms with Crippen molar-refractivity contribution in [3.05, 3.63) is 54.5 Å². The highest BCUT2D eigenvalue weighted by Gasteiger charge is 2.12. The first-order chi connectivity index (χ1) is 12.6. The first kappa shape index (κ1) is 18.8. The van der Waals surface area contributed by atoms with Crippen LogP contribution in [-0.2, 0) is 11.3 Å². The molecule has 8 nitrogen and oxygen atoms in total. The van der Waals surface area contributed by atoms with Crippen molar-refractivity contribution in [2.24, 2.45) is 0 Å². The summed E-state index contributed by atoms with van der Waals surface area (Å²) in [6.45, 7) is 0.411. The van der Waals surface area contributed by atoms with Gasteiger partial charge in [-0.25, -0.2) is 0 Å². The van der Waals surface area contributed by atoms with Crippen molar-refractivity contribution in [2.45, 2.75) is 6.54 Å². The normalized spacial score (nSPS) is 9.77. The molecule has 2 aromatic heterocycles. The van der Waals surface area contributed by atoms with E-state index in [9.17, 15) is 0 Å². The summed E-state index contributed by atoms with van der Waals surface area (Å²) in [5, 5.41) is 11.3. The average molecular weight is 356 g/mol. The number of nitrogens with two attached hydrogens (primary N) is 1. The second kappa shape index (κ2) is 9.07. The van der Waals surface area contributed by atoms with Crippen LogP contribution < -0.4 is 15.2 Å². The van der Waals surface area contributed by atoms with Crippen molar-refractivity contribution < 1.29 is 19.4 Å². The van der Waals surface area contributed by atoms with E-state index in [1.807, 2.05) is 35.1 Å². The molecule has 0 bridgehead atoms. The van der Waals surface area contributed by atoms with Crippen LogP contribution in [-0.4, -0.2) is 40.6 Å². The van der Waals surface area contributed by atoms with Gasteiger partial charge >= 0.3 is 0 Å². The Labute approximate surface area is 150 Å². The smallest absolute Gasteiger partial charge is 0.290 e. The lowest BCUT2D eigenvalue weighted by molar-refractivity contribution is -0.122. The number of pyridine rings is 1. The molecule has 0 saturated carbocycles. The number of nitrogen functional groups attached to an aromatic ring is 1. The summed E-state index contributed by atoms with van der Waals surface area (Å²) in [5.74, 6) is 1.40. The molecule has 0 amide bonds. The van der Waals surface area contributed by atoms with Gasteiger partial charge in [0.15, 0.2) is 5.75 Å². The van der Waals surface area contributed by atoms with Crippen molar-refractivity contribution in [2.75, 3.05) is 20.0 Å². The van der Waals surface area contributed by atoms with E-state index >= 15 is 0 Å². The lowest BCUT2D eigenvalue weighted by Gasteiger charge is -2.08. The third-order valence-corrected chi connectivity index (χ3v) is 3.55. The molecule has 0 radical (unpaired) electrons. The molecule has 0 aliphatic carbocycles. The number of nitrogens with zero attached hydrogens (tertiary/aromatic N) is 3. The van der Waals surface area contributed by atoms with Crippen LogP contribution in [0.25, 0.3) is 11.3 Å². The monoisotopic (exact) mass is 356 g/mol. The molecule has 3 N–H and O–H groups in total. The molecular formula is C18H20N4O4. The number of hydrogen-bond donors (Lipinski definition) is 2. The van der Waals surface area contributed by atoms with Crippen LogP contribution in [0.15, 0.2) is 48.9 Å². The van der Waals surface area contributed by atoms with Gasteiger partial charge in [-0.05, 0) is 23.8 Å². The van der Waals surface area contributed by atoms with Crippen LogP contribution in [0.4, 0.5) is 5.69 Å². The number of hydrogen-bond acceptors (Lipinski definition) is 6. The molecule has 3 rings (SSSR count). The SMILES string of the molecule is COc1ccc(Cn2cc(-c3nccc(N)c3OC)cn2)cc1.O=CO. The van der Waals surface area contributed by atoms with Crippen molar-refractivity contribution in [1.82, 2.24) is 14.8 Å². The van der Waals surface area contributed by atoms with E-state index in [0.29, 0.717) is 23.7 Å². The fourth-order valence-corrected chi connectivity index (χ4v) is 2.37. The van der Waals surface area contributed by atoms with Gasteiger partial charge in [-0.2, -0.15) is 5.10 Å². The van der Waals surface area contributed by atoms with Crippen LogP contribution in [0.3, 0.4) is 0 Å². The zero-order chi connectivity index (χ0) is 18.9. The molecule has 0 unspecified atom stereocenters. The third-order valence-electron chi connectivity index (χ3n) is 3.55. The summed E-state index contributed by atoms with van der Waals surface area (Å²) in [6, 6.07) is 9.60. The topological polar surface area (TPSA) is 112 Å². The van der Waals surface area contributed by atoms with Gasteiger partial charge in [-0.1, -0.05) is 12.1 Å². The second-order valence-corrected chi connectivity index (χ2v) is 5.16. The van der Waals surface area contributed by atoms with Gasteiger partial charge in [0.1, 0.15) is 11.4 Å². The number of methoxy groups -OCH3 is 2. The van der Waals surface area contributed by atoms with Crippen LogP contribution in [0.5, 0.6) is 11.5 Å². The Bertz CT molecular complexity index is 847. The summed E-state index contributed by atoms with van der Waals surface area (Å²) >= 11 is 0. The maximum Gasteiger partial charge on any atom is 0.290 e. The van der Waals surface area contributed by atoms with Crippen molar-refractivity contribution >= 4 is 12.2 Å². The number of anilines is 1. The first-order valence-electron chi connectivity index (χ1n) is 7.65. The largest absolute Gasteiger partial charge is 0.497 e. The summed E-state index contributed by atoms with van der Waals surface area (Å²) in [6.07, 6.45) is 5.34. The van der Waals surface area contributed by atoms with Crippen molar-refractivity contribution in [3.63, 3.8) is 0 Å². The van der Waals surface area contributed by atoms with Gasteiger partial charge in [0, 0.05) is 18.0 Å². The van der Waals surface area contributed by atoms with E-state index in [2.05, 4.69) is 10.1 Å². The molecule has 0 aliphatic heterocycles. The molecular weight excluding hydrogens is 336 g/mol. The Kier molecular flexibility index (Phi) is 6.55. The molecule has 136 valence electrons. The highest BCUT2D eigenvalue weighted by atomic mass is 16.5. The minimum Gasteiger partial charge on any atom is -0.497 e. The molecule has 26 heavy (non-hydrogen) atoms. The maximum atomic E-state index is 8.36. The van der Waals surface area contributed by atoms with E-state index < -0.39 is 0 Å². The highest BCUT2D eigenvalue weighted by Crippen LogP contribution is 2.32. The van der Waals surface area contributed by atoms with Crippen LogP contribution in [0.1, 0.15) is 5.56 Å². The van der Waals surface area contributed by atoms with Crippen LogP contribution in [0.2, 0.25) is 0 Å². The molecule has 8 heteroatoms. The highest BCUT2D eigenvalue weighted by molar-refractivity contribution is 5.72. The number of carboxylic acid groups (broad SMARTS) is 1. The van der Waals surface area contributed by atoms with Crippen molar-refractivity contribution in [1.29, 1.82) is 0 Å². The standard InChI is InChI=1S/C17H18N4O2.CH2O2/c1-22-14-5-3-12(4-6-14)10-21-11-13(9-20-21)16-17(23-2)15(18)7-8-19-16;2-1-3/h3-9,11H,10H2,1-2H3,(H2,18,19);1H,(H,2,3). The Morgan fingerprint density at radius 3 is 2.50 bits per heavy atom. The Hall–Kier alpha value is -3.55. The third kappa shape index (κ3) is 4.50. The number of rotatable bonds is 5. The summed E-state index contributed by atoms with van der Waals surface area (Å²) < 4.78 is 12.4. The van der Waals surface area contributed by atoms with E-state index in [1.54, 1.807) is 32.7 Å². The molecule has 1 aromatic carbocycles. The predicted molar refractivity (Wildman–Crippen MR) is 97.2 cm³/mol. The summed E-state index contributed by atoms with van der Waals surface area (Å²) in [4.78, 5) is 12.7. The van der Waals surface area contributed by atoms with Gasteiger partial charge in [-0.3, -0.25) is 14.5 Å². The molecule has 0 aliphatic rings. The van der Waals surface area contributed by atoms with Gasteiger partial charge in [-0.15, -0.1) is 0 Å². The lowest BCUT2D eigenvalue weighted by Crippen LogP contribution is -2.00. The second-order valence-electron chi connectivity index (χ2n) is 5.16. The number of carbonyl (C=O) groups is 1. The molecule has 0 spiro atoms. The molecule has 2 heterocycles. The summed E-state index contributed by atoms with van der Waals surface area (Å²) in [5.41, 5.74) is 9.16. The fourth-order valence-electron chi connectivity index (χ4n) is 2.37. The van der Waals surface area contributed by atoms with E-state index in [0.717, 1.165) is 16.9 Å². The zero-order valence-electron chi connectivity index (χ0n) is 14.5. The molecule has 0 atom stereocenters. The van der Waals surface area contributed by atoms with Gasteiger partial charge in [0.25, 0.3) is 6.47 Å². The van der Waals surface area contributed by atoms with Crippen LogP contribution >= 0.6 is 0 Å². The maximum absolute atomic E-state index is 8.36. The van der Waals surface area contributed by atoms with Gasteiger partial charge in [0.2, 0.25) is 0 Å². The van der Waals surface area contributed by atoms with E-state index in [4.69, 9.17) is 25.1 Å². The fraction of sp³-hybridized carbons (Fsp3) is 0.167. The Morgan fingerprint density at radius 2 is 1.88 bits per heavy atom.